The number of hydrogen-bond acceptors (Lipinski definition) is 4. The Morgan fingerprint density at radius 1 is 1.33 bits per heavy atom. The summed E-state index contributed by atoms with van der Waals surface area (Å²) >= 11 is 1.23. The Balaban J connectivity index is 1.94. The number of likely N-dealkylation sites (N-methyl/N-ethyl adjacent to an activating group) is 1. The van der Waals surface area contributed by atoms with Crippen molar-refractivity contribution in [1.29, 1.82) is 0 Å². The Labute approximate surface area is 128 Å². The first kappa shape index (κ1) is 15.7. The van der Waals surface area contributed by atoms with E-state index in [-0.39, 0.29) is 5.91 Å². The Bertz CT molecular complexity index is 533. The molecule has 0 spiro atoms. The van der Waals surface area contributed by atoms with Crippen molar-refractivity contribution in [3.8, 4) is 0 Å². The summed E-state index contributed by atoms with van der Waals surface area (Å²) in [6, 6.07) is 3.71. The van der Waals surface area contributed by atoms with Gasteiger partial charge in [-0.2, -0.15) is 0 Å². The smallest absolute Gasteiger partial charge is 0.284 e. The van der Waals surface area contributed by atoms with E-state index >= 15 is 0 Å². The molecule has 1 aliphatic rings. The number of carbonyl (C=O) groups is 2. The fraction of sp³-hybridized carbons (Fsp3) is 0.467. The molecule has 6 heteroatoms. The van der Waals surface area contributed by atoms with Crippen molar-refractivity contribution in [1.82, 2.24) is 10.4 Å². The van der Waals surface area contributed by atoms with Gasteiger partial charge in [-0.05, 0) is 31.1 Å². The predicted molar refractivity (Wildman–Crippen MR) is 82.2 cm³/mol. The van der Waals surface area contributed by atoms with E-state index in [0.29, 0.717) is 10.9 Å². The largest absolute Gasteiger partial charge is 0.339 e. The molecule has 21 heavy (non-hydrogen) atoms. The number of hydrogen-bond donors (Lipinski definition) is 2. The van der Waals surface area contributed by atoms with Crippen LogP contribution in [0.2, 0.25) is 0 Å². The average Bonchev–Trinajstić information content (AvgIpc) is 3.01. The predicted octanol–water partition coefficient (Wildman–Crippen LogP) is 2.67. The SMILES string of the molecule is CN(C(=O)/C=C/c1ccc(C(=O)NO)s1)C1CCCCC1. The minimum atomic E-state index is -0.537. The van der Waals surface area contributed by atoms with Gasteiger partial charge >= 0.3 is 0 Å². The molecule has 1 aromatic rings. The number of nitrogens with zero attached hydrogens (tertiary/aromatic N) is 1. The van der Waals surface area contributed by atoms with Crippen molar-refractivity contribution in [2.24, 2.45) is 0 Å². The van der Waals surface area contributed by atoms with Crippen LogP contribution in [0.15, 0.2) is 18.2 Å². The Morgan fingerprint density at radius 2 is 2.05 bits per heavy atom. The van der Waals surface area contributed by atoms with Gasteiger partial charge in [0.25, 0.3) is 5.91 Å². The Kier molecular flexibility index (Phi) is 5.52. The van der Waals surface area contributed by atoms with Crippen LogP contribution < -0.4 is 5.48 Å². The topological polar surface area (TPSA) is 69.6 Å². The maximum absolute atomic E-state index is 12.1. The maximum Gasteiger partial charge on any atom is 0.284 e. The van der Waals surface area contributed by atoms with E-state index < -0.39 is 5.91 Å². The number of hydroxylamine groups is 1. The first-order valence-corrected chi connectivity index (χ1v) is 7.92. The Morgan fingerprint density at radius 3 is 2.71 bits per heavy atom. The van der Waals surface area contributed by atoms with Gasteiger partial charge in [-0.3, -0.25) is 14.8 Å². The summed E-state index contributed by atoms with van der Waals surface area (Å²) in [5.41, 5.74) is 1.59. The van der Waals surface area contributed by atoms with Gasteiger partial charge in [0.2, 0.25) is 5.91 Å². The summed E-state index contributed by atoms with van der Waals surface area (Å²) in [5.74, 6) is -0.547. The van der Waals surface area contributed by atoms with Gasteiger partial charge in [0.05, 0.1) is 4.88 Å². The summed E-state index contributed by atoms with van der Waals surface area (Å²) in [4.78, 5) is 26.4. The average molecular weight is 308 g/mol. The first-order chi connectivity index (χ1) is 10.1. The zero-order valence-electron chi connectivity index (χ0n) is 12.0. The van der Waals surface area contributed by atoms with E-state index in [2.05, 4.69) is 0 Å². The fourth-order valence-corrected chi connectivity index (χ4v) is 3.34. The second-order valence-corrected chi connectivity index (χ2v) is 6.33. The van der Waals surface area contributed by atoms with Crippen LogP contribution in [-0.2, 0) is 4.79 Å². The monoisotopic (exact) mass is 308 g/mol. The molecule has 2 N–H and O–H groups in total. The third-order valence-corrected chi connectivity index (χ3v) is 4.86. The summed E-state index contributed by atoms with van der Waals surface area (Å²) in [6.45, 7) is 0. The molecule has 1 heterocycles. The molecule has 1 fully saturated rings. The van der Waals surface area contributed by atoms with Crippen LogP contribution in [0, 0.1) is 0 Å². The maximum atomic E-state index is 12.1. The molecular weight excluding hydrogens is 288 g/mol. The summed E-state index contributed by atoms with van der Waals surface area (Å²) in [6.07, 6.45) is 9.06. The normalized spacial score (nSPS) is 16.1. The van der Waals surface area contributed by atoms with Crippen molar-refractivity contribution in [3.63, 3.8) is 0 Å². The highest BCUT2D eigenvalue weighted by Gasteiger charge is 2.20. The zero-order chi connectivity index (χ0) is 15.2. The van der Waals surface area contributed by atoms with Crippen molar-refractivity contribution in [2.45, 2.75) is 38.1 Å². The minimum Gasteiger partial charge on any atom is -0.339 e. The van der Waals surface area contributed by atoms with Crippen molar-refractivity contribution in [3.05, 3.63) is 28.0 Å². The highest BCUT2D eigenvalue weighted by molar-refractivity contribution is 7.14. The van der Waals surface area contributed by atoms with Gasteiger partial charge in [0.1, 0.15) is 0 Å². The standard InChI is InChI=1S/C15H20N2O3S/c1-17(11-5-3-2-4-6-11)14(18)10-8-12-7-9-13(21-12)15(19)16-20/h7-11,20H,2-6H2,1H3,(H,16,19)/b10-8+. The van der Waals surface area contributed by atoms with Crippen LogP contribution in [-0.4, -0.2) is 35.0 Å². The highest BCUT2D eigenvalue weighted by Crippen LogP contribution is 2.22. The lowest BCUT2D eigenvalue weighted by Crippen LogP contribution is -2.37. The minimum absolute atomic E-state index is 0.0107. The highest BCUT2D eigenvalue weighted by atomic mass is 32.1. The van der Waals surface area contributed by atoms with E-state index in [9.17, 15) is 9.59 Å². The Hall–Kier alpha value is -1.66. The van der Waals surface area contributed by atoms with Crippen molar-refractivity contribution in [2.75, 3.05) is 7.05 Å². The molecule has 0 radical (unpaired) electrons. The van der Waals surface area contributed by atoms with Crippen LogP contribution in [0.4, 0.5) is 0 Å². The van der Waals surface area contributed by atoms with E-state index in [1.807, 2.05) is 11.9 Å². The number of nitrogens with one attached hydrogen (secondary N) is 1. The van der Waals surface area contributed by atoms with Gasteiger partial charge in [0, 0.05) is 24.0 Å². The van der Waals surface area contributed by atoms with Crippen LogP contribution in [0.1, 0.15) is 46.7 Å². The zero-order valence-corrected chi connectivity index (χ0v) is 12.9. The third-order valence-electron chi connectivity index (χ3n) is 3.81. The number of carbonyl (C=O) groups excluding carboxylic acids is 2. The summed E-state index contributed by atoms with van der Waals surface area (Å²) in [7, 11) is 1.85. The number of rotatable bonds is 4. The molecule has 0 bridgehead atoms. The third kappa shape index (κ3) is 4.15. The quantitative estimate of drug-likeness (QED) is 0.510. The van der Waals surface area contributed by atoms with Gasteiger partial charge in [-0.25, -0.2) is 5.48 Å². The molecule has 5 nitrogen and oxygen atoms in total. The molecule has 1 aromatic heterocycles. The van der Waals surface area contributed by atoms with Crippen LogP contribution in [0.3, 0.4) is 0 Å². The van der Waals surface area contributed by atoms with Crippen molar-refractivity contribution < 1.29 is 14.8 Å². The molecule has 1 aliphatic carbocycles. The summed E-state index contributed by atoms with van der Waals surface area (Å²) < 4.78 is 0. The molecular formula is C15H20N2O3S. The molecule has 0 aliphatic heterocycles. The van der Waals surface area contributed by atoms with Crippen LogP contribution >= 0.6 is 11.3 Å². The van der Waals surface area contributed by atoms with Crippen molar-refractivity contribution >= 4 is 29.2 Å². The molecule has 1 saturated carbocycles. The lowest BCUT2D eigenvalue weighted by molar-refractivity contribution is -0.127. The van der Waals surface area contributed by atoms with E-state index in [1.54, 1.807) is 29.8 Å². The molecule has 0 atom stereocenters. The fourth-order valence-electron chi connectivity index (χ4n) is 2.54. The molecule has 2 rings (SSSR count). The number of amides is 2. The van der Waals surface area contributed by atoms with E-state index in [1.165, 1.54) is 30.6 Å². The molecule has 0 aromatic carbocycles. The van der Waals surface area contributed by atoms with Gasteiger partial charge in [-0.1, -0.05) is 19.3 Å². The molecule has 2 amide bonds. The van der Waals surface area contributed by atoms with Crippen LogP contribution in [0.25, 0.3) is 6.08 Å². The van der Waals surface area contributed by atoms with Gasteiger partial charge < -0.3 is 4.90 Å². The van der Waals surface area contributed by atoms with Gasteiger partial charge in [-0.15, -0.1) is 11.3 Å². The molecule has 114 valence electrons. The van der Waals surface area contributed by atoms with E-state index in [4.69, 9.17) is 5.21 Å². The molecule has 0 saturated heterocycles. The first-order valence-electron chi connectivity index (χ1n) is 7.11. The summed E-state index contributed by atoms with van der Waals surface area (Å²) in [5, 5.41) is 8.56. The second-order valence-electron chi connectivity index (χ2n) is 5.22. The van der Waals surface area contributed by atoms with E-state index in [0.717, 1.165) is 17.7 Å². The lowest BCUT2D eigenvalue weighted by Gasteiger charge is -2.30. The van der Waals surface area contributed by atoms with Gasteiger partial charge in [0.15, 0.2) is 0 Å². The second kappa shape index (κ2) is 7.38. The lowest BCUT2D eigenvalue weighted by atomic mass is 9.94. The van der Waals surface area contributed by atoms with Crippen LogP contribution in [0.5, 0.6) is 0 Å². The number of thiophene rings is 1. The molecule has 0 unspecified atom stereocenters.